The highest BCUT2D eigenvalue weighted by Gasteiger charge is 2.15. The molecule has 1 unspecified atom stereocenters. The molecule has 0 fully saturated rings. The van der Waals surface area contributed by atoms with Crippen LogP contribution in [0.1, 0.15) is 25.5 Å². The van der Waals surface area contributed by atoms with Crippen molar-refractivity contribution < 1.29 is 9.47 Å². The van der Waals surface area contributed by atoms with Crippen molar-refractivity contribution in [1.29, 1.82) is 0 Å². The van der Waals surface area contributed by atoms with Crippen LogP contribution in [0.3, 0.4) is 0 Å². The van der Waals surface area contributed by atoms with Gasteiger partial charge in [-0.05, 0) is 32.0 Å². The van der Waals surface area contributed by atoms with Gasteiger partial charge in [0.15, 0.2) is 0 Å². The van der Waals surface area contributed by atoms with E-state index in [1.165, 1.54) is 4.68 Å². The summed E-state index contributed by atoms with van der Waals surface area (Å²) in [4.78, 5) is 12.2. The summed E-state index contributed by atoms with van der Waals surface area (Å²) in [5.74, 6) is 1.32. The molecule has 0 saturated carbocycles. The van der Waals surface area contributed by atoms with Crippen LogP contribution >= 0.6 is 0 Å². The summed E-state index contributed by atoms with van der Waals surface area (Å²) in [5, 5.41) is 4.40. The minimum Gasteiger partial charge on any atom is -0.497 e. The Morgan fingerprint density at radius 2 is 2.00 bits per heavy atom. The predicted molar refractivity (Wildman–Crippen MR) is 85.3 cm³/mol. The molecule has 0 radical (unpaired) electrons. The third-order valence-electron chi connectivity index (χ3n) is 3.48. The molecule has 1 aromatic carbocycles. The van der Waals surface area contributed by atoms with Crippen molar-refractivity contribution in [1.82, 2.24) is 9.78 Å². The molecule has 6 heteroatoms. The van der Waals surface area contributed by atoms with Gasteiger partial charge in [-0.25, -0.2) is 4.68 Å². The molecule has 2 aromatic rings. The Morgan fingerprint density at radius 3 is 2.55 bits per heavy atom. The van der Waals surface area contributed by atoms with Crippen LogP contribution in [0.5, 0.6) is 11.5 Å². The highest BCUT2D eigenvalue weighted by atomic mass is 16.5. The summed E-state index contributed by atoms with van der Waals surface area (Å²) in [6, 6.07) is 6.83. The van der Waals surface area contributed by atoms with E-state index in [1.54, 1.807) is 33.3 Å². The number of aryl methyl sites for hydroxylation is 1. The number of nitrogens with two attached hydrogens (primary N) is 1. The average Bonchev–Trinajstić information content (AvgIpc) is 2.54. The van der Waals surface area contributed by atoms with Gasteiger partial charge in [-0.15, -0.1) is 0 Å². The van der Waals surface area contributed by atoms with E-state index in [0.29, 0.717) is 29.3 Å². The standard InChI is InChI=1S/C16H21N3O3/c1-5-19-16(20)13(10(2)17)9-14(18-19)12-7-6-11(21-3)8-15(12)22-4/h6-10H,5,17H2,1-4H3. The summed E-state index contributed by atoms with van der Waals surface area (Å²) in [6.07, 6.45) is 0. The summed E-state index contributed by atoms with van der Waals surface area (Å²) in [6.45, 7) is 4.13. The van der Waals surface area contributed by atoms with E-state index in [2.05, 4.69) is 5.10 Å². The van der Waals surface area contributed by atoms with Crippen LogP contribution in [0.15, 0.2) is 29.1 Å². The Bertz CT molecular complexity index is 723. The highest BCUT2D eigenvalue weighted by molar-refractivity contribution is 5.68. The zero-order valence-electron chi connectivity index (χ0n) is 13.3. The number of hydrogen-bond acceptors (Lipinski definition) is 5. The zero-order valence-corrected chi connectivity index (χ0v) is 13.3. The van der Waals surface area contributed by atoms with Crippen molar-refractivity contribution in [2.45, 2.75) is 26.4 Å². The molecule has 0 aliphatic heterocycles. The third kappa shape index (κ3) is 2.96. The number of rotatable bonds is 5. The number of methoxy groups -OCH3 is 2. The SMILES string of the molecule is CCn1nc(-c2ccc(OC)cc2OC)cc(C(C)N)c1=O. The topological polar surface area (TPSA) is 79.4 Å². The molecule has 2 rings (SSSR count). The van der Waals surface area contributed by atoms with Gasteiger partial charge in [0.25, 0.3) is 5.56 Å². The Balaban J connectivity index is 2.67. The molecule has 0 saturated heterocycles. The lowest BCUT2D eigenvalue weighted by atomic mass is 10.1. The van der Waals surface area contributed by atoms with Crippen molar-refractivity contribution in [3.05, 3.63) is 40.2 Å². The second kappa shape index (κ2) is 6.62. The van der Waals surface area contributed by atoms with E-state index < -0.39 is 0 Å². The fraction of sp³-hybridized carbons (Fsp3) is 0.375. The maximum absolute atomic E-state index is 12.2. The fourth-order valence-electron chi connectivity index (χ4n) is 2.24. The van der Waals surface area contributed by atoms with E-state index in [0.717, 1.165) is 5.56 Å². The van der Waals surface area contributed by atoms with Gasteiger partial charge in [0, 0.05) is 29.8 Å². The number of nitrogens with zero attached hydrogens (tertiary/aromatic N) is 2. The number of ether oxygens (including phenoxy) is 2. The molecule has 1 aromatic heterocycles. The third-order valence-corrected chi connectivity index (χ3v) is 3.48. The first-order valence-corrected chi connectivity index (χ1v) is 7.11. The van der Waals surface area contributed by atoms with E-state index in [9.17, 15) is 4.79 Å². The number of hydrogen-bond donors (Lipinski definition) is 1. The molecule has 118 valence electrons. The largest absolute Gasteiger partial charge is 0.497 e. The van der Waals surface area contributed by atoms with Gasteiger partial charge in [-0.3, -0.25) is 4.79 Å². The summed E-state index contributed by atoms with van der Waals surface area (Å²) >= 11 is 0. The van der Waals surface area contributed by atoms with Crippen LogP contribution in [-0.2, 0) is 6.54 Å². The van der Waals surface area contributed by atoms with Crippen molar-refractivity contribution in [3.63, 3.8) is 0 Å². The van der Waals surface area contributed by atoms with E-state index in [4.69, 9.17) is 15.2 Å². The maximum Gasteiger partial charge on any atom is 0.271 e. The first kappa shape index (κ1) is 16.0. The molecular formula is C16H21N3O3. The normalized spacial score (nSPS) is 12.0. The van der Waals surface area contributed by atoms with E-state index in [1.807, 2.05) is 19.1 Å². The van der Waals surface area contributed by atoms with Gasteiger partial charge >= 0.3 is 0 Å². The summed E-state index contributed by atoms with van der Waals surface area (Å²) in [7, 11) is 3.18. The Labute approximate surface area is 129 Å². The highest BCUT2D eigenvalue weighted by Crippen LogP contribution is 2.32. The monoisotopic (exact) mass is 303 g/mol. The van der Waals surface area contributed by atoms with Gasteiger partial charge in [-0.1, -0.05) is 0 Å². The average molecular weight is 303 g/mol. The minimum absolute atomic E-state index is 0.159. The maximum atomic E-state index is 12.2. The zero-order chi connectivity index (χ0) is 16.3. The fourth-order valence-corrected chi connectivity index (χ4v) is 2.24. The molecular weight excluding hydrogens is 282 g/mol. The van der Waals surface area contributed by atoms with Crippen molar-refractivity contribution in [3.8, 4) is 22.8 Å². The van der Waals surface area contributed by atoms with Crippen LogP contribution in [-0.4, -0.2) is 24.0 Å². The van der Waals surface area contributed by atoms with Crippen LogP contribution in [0.2, 0.25) is 0 Å². The lowest BCUT2D eigenvalue weighted by Crippen LogP contribution is -2.29. The van der Waals surface area contributed by atoms with Crippen molar-refractivity contribution in [2.75, 3.05) is 14.2 Å². The van der Waals surface area contributed by atoms with Crippen LogP contribution in [0, 0.1) is 0 Å². The molecule has 0 amide bonds. The Hall–Kier alpha value is -2.34. The van der Waals surface area contributed by atoms with E-state index >= 15 is 0 Å². The van der Waals surface area contributed by atoms with Gasteiger partial charge in [0.2, 0.25) is 0 Å². The summed E-state index contributed by atoms with van der Waals surface area (Å²) in [5.41, 5.74) is 7.71. The van der Waals surface area contributed by atoms with Crippen LogP contribution in [0.4, 0.5) is 0 Å². The lowest BCUT2D eigenvalue weighted by Gasteiger charge is -2.14. The lowest BCUT2D eigenvalue weighted by molar-refractivity contribution is 0.395. The predicted octanol–water partition coefficient (Wildman–Crippen LogP) is 1.97. The quantitative estimate of drug-likeness (QED) is 0.913. The molecule has 1 heterocycles. The molecule has 0 aliphatic rings. The first-order chi connectivity index (χ1) is 10.5. The Kier molecular flexibility index (Phi) is 4.82. The molecule has 0 spiro atoms. The second-order valence-corrected chi connectivity index (χ2v) is 4.96. The minimum atomic E-state index is -0.365. The van der Waals surface area contributed by atoms with Gasteiger partial charge in [0.05, 0.1) is 19.9 Å². The number of benzene rings is 1. The van der Waals surface area contributed by atoms with Crippen LogP contribution < -0.4 is 20.8 Å². The van der Waals surface area contributed by atoms with Gasteiger partial charge in [-0.2, -0.15) is 5.10 Å². The Morgan fingerprint density at radius 1 is 1.27 bits per heavy atom. The van der Waals surface area contributed by atoms with Gasteiger partial charge < -0.3 is 15.2 Å². The molecule has 0 aliphatic carbocycles. The van der Waals surface area contributed by atoms with E-state index in [-0.39, 0.29) is 11.6 Å². The molecule has 0 bridgehead atoms. The number of aromatic nitrogens is 2. The summed E-state index contributed by atoms with van der Waals surface area (Å²) < 4.78 is 12.0. The smallest absolute Gasteiger partial charge is 0.271 e. The molecule has 2 N–H and O–H groups in total. The molecule has 22 heavy (non-hydrogen) atoms. The second-order valence-electron chi connectivity index (χ2n) is 4.96. The van der Waals surface area contributed by atoms with Crippen LogP contribution in [0.25, 0.3) is 11.3 Å². The van der Waals surface area contributed by atoms with Crippen molar-refractivity contribution >= 4 is 0 Å². The van der Waals surface area contributed by atoms with Gasteiger partial charge in [0.1, 0.15) is 11.5 Å². The molecule has 6 nitrogen and oxygen atoms in total. The van der Waals surface area contributed by atoms with Crippen molar-refractivity contribution in [2.24, 2.45) is 5.73 Å². The first-order valence-electron chi connectivity index (χ1n) is 7.11. The molecule has 1 atom stereocenters.